The Hall–Kier alpha value is -3.21. The first-order chi connectivity index (χ1) is 26.0. The van der Waals surface area contributed by atoms with E-state index in [0.29, 0.717) is 31.4 Å². The number of aliphatic carboxylic acids is 1. The number of fused-ring (bicyclic) bond motifs is 8. The lowest BCUT2D eigenvalue weighted by Crippen LogP contribution is -3.12. The monoisotopic (exact) mass is 777 g/mol. The third kappa shape index (κ3) is 6.65. The SMILES string of the molecule is CCC[C@H]1O[C@@H]2C[C@H]3[C@@H]4CCC5=Cc6c(cnn6-c6ccc(F)c(C[NH+]7CCC(O)CC7)c6)C[C@]5(C)[C@H]4[C@@H](O)C[C@]3(C)[C@]2(C(=O)CO)O1.O=C([O-])C(F)(F)F. The van der Waals surface area contributed by atoms with Crippen LogP contribution in [-0.4, -0.2) is 92.9 Å². The molecule has 2 saturated heterocycles. The Balaban J connectivity index is 0.000000609. The number of nitrogens with one attached hydrogen (secondary N) is 1. The lowest BCUT2D eigenvalue weighted by atomic mass is 9.45. The number of allylic oxidation sites excluding steroid dienone is 1. The number of carbonyl (C=O) groups excluding carboxylic acids is 2. The minimum Gasteiger partial charge on any atom is -0.542 e. The number of quaternary nitrogens is 1. The molecule has 0 amide bonds. The van der Waals surface area contributed by atoms with Gasteiger partial charge in [0.25, 0.3) is 0 Å². The Morgan fingerprint density at radius 2 is 1.85 bits per heavy atom. The highest BCUT2D eigenvalue weighted by Gasteiger charge is 2.75. The summed E-state index contributed by atoms with van der Waals surface area (Å²) in [7, 11) is 0. The van der Waals surface area contributed by atoms with Gasteiger partial charge in [-0.1, -0.05) is 32.8 Å². The summed E-state index contributed by atoms with van der Waals surface area (Å²) in [4.78, 5) is 23.7. The third-order valence-corrected chi connectivity index (χ3v) is 13.9. The number of piperidine rings is 1. The average Bonchev–Trinajstić information content (AvgIpc) is 3.77. The Labute approximate surface area is 317 Å². The number of likely N-dealkylation sites (tertiary alicyclic amines) is 1. The van der Waals surface area contributed by atoms with Crippen molar-refractivity contribution >= 4 is 17.8 Å². The van der Waals surface area contributed by atoms with Crippen LogP contribution in [0.25, 0.3) is 11.8 Å². The maximum absolute atomic E-state index is 15.0. The number of ketones is 1. The van der Waals surface area contributed by atoms with Crippen molar-refractivity contribution in [3.63, 3.8) is 0 Å². The van der Waals surface area contributed by atoms with Crippen LogP contribution in [0.2, 0.25) is 0 Å². The van der Waals surface area contributed by atoms with E-state index in [4.69, 9.17) is 24.5 Å². The van der Waals surface area contributed by atoms with Gasteiger partial charge in [0.1, 0.15) is 24.9 Å². The zero-order chi connectivity index (χ0) is 39.7. The summed E-state index contributed by atoms with van der Waals surface area (Å²) in [6.45, 7) is 8.12. The fourth-order valence-corrected chi connectivity index (χ4v) is 11.5. The molecule has 9 atom stereocenters. The Bertz CT molecular complexity index is 1830. The predicted molar refractivity (Wildman–Crippen MR) is 187 cm³/mol. The number of aliphatic hydroxyl groups is 3. The number of halogens is 4. The quantitative estimate of drug-likeness (QED) is 0.310. The van der Waals surface area contributed by atoms with Crippen molar-refractivity contribution in [2.45, 2.75) is 121 Å². The molecule has 5 fully saturated rings. The van der Waals surface area contributed by atoms with Crippen LogP contribution in [0.3, 0.4) is 0 Å². The molecule has 0 unspecified atom stereocenters. The predicted octanol–water partition coefficient (Wildman–Crippen LogP) is 2.45. The van der Waals surface area contributed by atoms with E-state index < -0.39 is 48.3 Å². The number of carboxylic acids is 1. The van der Waals surface area contributed by atoms with Crippen molar-refractivity contribution in [1.82, 2.24) is 9.78 Å². The fourth-order valence-electron chi connectivity index (χ4n) is 11.5. The van der Waals surface area contributed by atoms with Crippen molar-refractivity contribution < 1.29 is 62.0 Å². The number of Topliss-reactive ketones (excluding diaryl/α,β-unsaturated/α-hetero) is 1. The number of aliphatic hydroxyl groups excluding tert-OH is 3. The molecule has 2 aliphatic heterocycles. The highest BCUT2D eigenvalue weighted by Crippen LogP contribution is 2.70. The molecule has 0 radical (unpaired) electrons. The highest BCUT2D eigenvalue weighted by molar-refractivity contribution is 5.91. The molecule has 6 aliphatic rings. The average molecular weight is 778 g/mol. The number of carbonyl (C=O) groups is 2. The second-order valence-corrected chi connectivity index (χ2v) is 17.0. The number of carboxylic acid groups (broad SMARTS) is 1. The molecule has 8 rings (SSSR count). The zero-order valence-electron chi connectivity index (χ0n) is 31.4. The van der Waals surface area contributed by atoms with Gasteiger partial charge >= 0.3 is 6.18 Å². The van der Waals surface area contributed by atoms with Gasteiger partial charge in [-0.15, -0.1) is 0 Å². The van der Waals surface area contributed by atoms with E-state index in [1.54, 1.807) is 12.1 Å². The van der Waals surface area contributed by atoms with Crippen molar-refractivity contribution in [3.05, 3.63) is 52.6 Å². The molecule has 1 aromatic heterocycles. The number of ether oxygens (including phenoxy) is 2. The standard InChI is InChI=1S/C38H50FN3O6.C2HF3O2/c1-4-5-34-47-33-16-28-27-8-6-24-15-30-23(17-36(24,2)35(27)31(45)18-37(28,3)38(33,48-34)32(46)21-43)19-40-42(30)25-7-9-29(39)22(14-25)20-41-12-10-26(44)11-13-41;3-2(4,5)1(6)7/h7,9,14-15,19,26-28,31,33-35,43-45H,4-6,8,10-13,16-18,20-21H2,1-3H3;(H,6,7)/t27-,28-,31-,33+,34-,35+,36-,37-,38+;/m0./s1. The van der Waals surface area contributed by atoms with Crippen molar-refractivity contribution in [3.8, 4) is 5.69 Å². The second kappa shape index (κ2) is 14.6. The molecular formula is C40H51F4N3O8. The summed E-state index contributed by atoms with van der Waals surface area (Å²) in [5, 5.41) is 45.8. The van der Waals surface area contributed by atoms with Crippen LogP contribution < -0.4 is 10.0 Å². The van der Waals surface area contributed by atoms with Crippen LogP contribution in [0.1, 0.15) is 89.0 Å². The summed E-state index contributed by atoms with van der Waals surface area (Å²) in [5.41, 5.74) is 2.80. The minimum atomic E-state index is -5.19. The molecule has 1 aromatic carbocycles. The van der Waals surface area contributed by atoms with Gasteiger partial charge in [0.05, 0.1) is 49.0 Å². The Morgan fingerprint density at radius 3 is 2.51 bits per heavy atom. The molecule has 55 heavy (non-hydrogen) atoms. The zero-order valence-corrected chi connectivity index (χ0v) is 31.4. The van der Waals surface area contributed by atoms with E-state index in [2.05, 4.69) is 26.8 Å². The lowest BCUT2D eigenvalue weighted by molar-refractivity contribution is -0.919. The summed E-state index contributed by atoms with van der Waals surface area (Å²) in [6, 6.07) is 5.26. The Morgan fingerprint density at radius 1 is 1.15 bits per heavy atom. The number of rotatable bonds is 7. The fraction of sp³-hybridized carbons (Fsp3) is 0.675. The molecular weight excluding hydrogens is 726 g/mol. The largest absolute Gasteiger partial charge is 0.542 e. The van der Waals surface area contributed by atoms with E-state index in [1.807, 2.05) is 16.9 Å². The van der Waals surface area contributed by atoms with Crippen molar-refractivity contribution in [2.24, 2.45) is 28.6 Å². The molecule has 3 heterocycles. The number of nitrogens with zero attached hydrogens (tertiary/aromatic N) is 2. The highest BCUT2D eigenvalue weighted by atomic mass is 19.4. The number of aromatic nitrogens is 2. The Kier molecular flexibility index (Phi) is 10.6. The van der Waals surface area contributed by atoms with E-state index >= 15 is 4.39 Å². The third-order valence-electron chi connectivity index (χ3n) is 13.9. The summed E-state index contributed by atoms with van der Waals surface area (Å²) in [6.07, 6.45) is 3.93. The van der Waals surface area contributed by atoms with Crippen LogP contribution in [0.15, 0.2) is 30.0 Å². The van der Waals surface area contributed by atoms with Crippen molar-refractivity contribution in [1.29, 1.82) is 0 Å². The molecule has 15 heteroatoms. The maximum atomic E-state index is 15.0. The number of hydrogen-bond donors (Lipinski definition) is 4. The molecule has 3 saturated carbocycles. The molecule has 4 N–H and O–H groups in total. The second-order valence-electron chi connectivity index (χ2n) is 17.0. The van der Waals surface area contributed by atoms with Crippen molar-refractivity contribution in [2.75, 3.05) is 19.7 Å². The van der Waals surface area contributed by atoms with E-state index in [-0.39, 0.29) is 40.9 Å². The molecule has 302 valence electrons. The summed E-state index contributed by atoms with van der Waals surface area (Å²) < 4.78 is 61.5. The van der Waals surface area contributed by atoms with Crippen LogP contribution in [0, 0.1) is 34.4 Å². The molecule has 0 bridgehead atoms. The van der Waals surface area contributed by atoms with Crippen LogP contribution in [0.4, 0.5) is 17.6 Å². The van der Waals surface area contributed by atoms with Gasteiger partial charge in [-0.05, 0) is 91.5 Å². The van der Waals surface area contributed by atoms with E-state index in [0.717, 1.165) is 68.6 Å². The molecule has 0 spiro atoms. The van der Waals surface area contributed by atoms with Gasteiger partial charge in [0, 0.05) is 23.8 Å². The normalized spacial score (nSPS) is 37.7. The van der Waals surface area contributed by atoms with Crippen LogP contribution in [0.5, 0.6) is 0 Å². The van der Waals surface area contributed by atoms with Gasteiger partial charge in [-0.2, -0.15) is 18.3 Å². The minimum absolute atomic E-state index is 0.00193. The van der Waals surface area contributed by atoms with Gasteiger partial charge in [0.2, 0.25) is 0 Å². The van der Waals surface area contributed by atoms with Gasteiger partial charge < -0.3 is 39.6 Å². The van der Waals surface area contributed by atoms with Gasteiger partial charge in [0.15, 0.2) is 17.7 Å². The first kappa shape index (κ1) is 40.0. The topological polar surface area (TPSA) is 159 Å². The van der Waals surface area contributed by atoms with Crippen LogP contribution in [-0.2, 0) is 32.0 Å². The molecule has 2 aromatic rings. The van der Waals surface area contributed by atoms with E-state index in [1.165, 1.54) is 10.5 Å². The van der Waals surface area contributed by atoms with Gasteiger partial charge in [-0.25, -0.2) is 9.07 Å². The molecule has 11 nitrogen and oxygen atoms in total. The van der Waals surface area contributed by atoms with E-state index in [9.17, 15) is 33.3 Å². The molecule has 4 aliphatic carbocycles. The number of hydrogen-bond acceptors (Lipinski definition) is 9. The lowest BCUT2D eigenvalue weighted by Gasteiger charge is -2.60. The first-order valence-electron chi connectivity index (χ1n) is 19.5. The smallest absolute Gasteiger partial charge is 0.430 e. The van der Waals surface area contributed by atoms with Gasteiger partial charge in [-0.3, -0.25) is 4.79 Å². The number of alkyl halides is 3. The maximum Gasteiger partial charge on any atom is 0.430 e. The summed E-state index contributed by atoms with van der Waals surface area (Å²) in [5.74, 6) is -3.23. The number of benzene rings is 1. The summed E-state index contributed by atoms with van der Waals surface area (Å²) >= 11 is 0. The first-order valence-corrected chi connectivity index (χ1v) is 19.5. The van der Waals surface area contributed by atoms with Crippen LogP contribution >= 0.6 is 0 Å².